The van der Waals surface area contributed by atoms with Crippen molar-refractivity contribution in [3.05, 3.63) is 66.2 Å². The van der Waals surface area contributed by atoms with Crippen LogP contribution in [0, 0.1) is 5.92 Å². The third-order valence-corrected chi connectivity index (χ3v) is 6.18. The number of carbonyl (C=O) groups is 1. The minimum absolute atomic E-state index is 0.272. The molecule has 2 aromatic rings. The van der Waals surface area contributed by atoms with Crippen LogP contribution in [0.3, 0.4) is 0 Å². The van der Waals surface area contributed by atoms with Gasteiger partial charge in [-0.05, 0) is 43.0 Å². The number of piperazine rings is 1. The smallest absolute Gasteiger partial charge is 0.236 e. The summed E-state index contributed by atoms with van der Waals surface area (Å²) in [6, 6.07) is 20.8. The topological polar surface area (TPSA) is 36.0 Å². The third-order valence-electron chi connectivity index (χ3n) is 6.18. The van der Waals surface area contributed by atoms with Crippen LogP contribution in [-0.4, -0.2) is 68.1 Å². The maximum Gasteiger partial charge on any atom is 0.236 e. The second-order valence-electron chi connectivity index (χ2n) is 8.45. The highest BCUT2D eigenvalue weighted by atomic mass is 16.5. The predicted octanol–water partition coefficient (Wildman–Crippen LogP) is 3.26. The minimum atomic E-state index is 0.272. The van der Waals surface area contributed by atoms with Crippen molar-refractivity contribution in [2.75, 3.05) is 57.3 Å². The van der Waals surface area contributed by atoms with E-state index in [4.69, 9.17) is 4.74 Å². The molecule has 2 aromatic carbocycles. The molecule has 2 saturated heterocycles. The highest BCUT2D eigenvalue weighted by Crippen LogP contribution is 2.19. The van der Waals surface area contributed by atoms with E-state index >= 15 is 0 Å². The first kappa shape index (κ1) is 20.9. The van der Waals surface area contributed by atoms with Gasteiger partial charge in [-0.1, -0.05) is 48.5 Å². The van der Waals surface area contributed by atoms with Crippen LogP contribution in [0.1, 0.15) is 18.4 Å². The molecule has 0 radical (unpaired) electrons. The fraction of sp³-hybridized carbons (Fsp3) is 0.480. The number of likely N-dealkylation sites (tertiary alicyclic amines) is 1. The van der Waals surface area contributed by atoms with Gasteiger partial charge in [-0.2, -0.15) is 0 Å². The molecule has 5 nitrogen and oxygen atoms in total. The van der Waals surface area contributed by atoms with Crippen molar-refractivity contribution in [2.24, 2.45) is 5.92 Å². The van der Waals surface area contributed by atoms with Gasteiger partial charge in [0, 0.05) is 38.4 Å². The van der Waals surface area contributed by atoms with Gasteiger partial charge >= 0.3 is 0 Å². The summed E-state index contributed by atoms with van der Waals surface area (Å²) in [5.74, 6) is 0.791. The number of nitrogens with zero attached hydrogens (tertiary/aromatic N) is 3. The van der Waals surface area contributed by atoms with E-state index in [1.165, 1.54) is 17.7 Å². The van der Waals surface area contributed by atoms with E-state index in [2.05, 4.69) is 46.2 Å². The Bertz CT molecular complexity index is 775. The highest BCUT2D eigenvalue weighted by molar-refractivity contribution is 5.78. The second-order valence-corrected chi connectivity index (χ2v) is 8.45. The van der Waals surface area contributed by atoms with Crippen molar-refractivity contribution in [3.8, 4) is 0 Å². The molecule has 2 fully saturated rings. The van der Waals surface area contributed by atoms with E-state index in [1.54, 1.807) is 0 Å². The Hall–Kier alpha value is -2.37. The van der Waals surface area contributed by atoms with Crippen LogP contribution in [-0.2, 0) is 16.1 Å². The number of piperidine rings is 1. The molecule has 2 aliphatic rings. The Labute approximate surface area is 180 Å². The number of amides is 1. The van der Waals surface area contributed by atoms with Crippen LogP contribution in [0.2, 0.25) is 0 Å². The molecule has 5 heteroatoms. The Morgan fingerprint density at radius 2 is 1.60 bits per heavy atom. The van der Waals surface area contributed by atoms with E-state index in [9.17, 15) is 4.79 Å². The van der Waals surface area contributed by atoms with E-state index < -0.39 is 0 Å². The fourth-order valence-electron chi connectivity index (χ4n) is 4.49. The van der Waals surface area contributed by atoms with Gasteiger partial charge in [-0.15, -0.1) is 0 Å². The SMILES string of the molecule is O=C(CN1CCC[C@@H](COCc2ccccc2)C1)N1CCN(c2ccccc2)CC1. The number of hydrogen-bond donors (Lipinski definition) is 0. The normalized spacial score (nSPS) is 20.3. The molecule has 1 amide bonds. The molecule has 160 valence electrons. The molecule has 0 saturated carbocycles. The van der Waals surface area contributed by atoms with E-state index in [0.717, 1.165) is 52.3 Å². The maximum atomic E-state index is 12.8. The first-order valence-corrected chi connectivity index (χ1v) is 11.2. The van der Waals surface area contributed by atoms with Crippen molar-refractivity contribution >= 4 is 11.6 Å². The van der Waals surface area contributed by atoms with Crippen LogP contribution in [0.25, 0.3) is 0 Å². The lowest BCUT2D eigenvalue weighted by Gasteiger charge is -2.38. The summed E-state index contributed by atoms with van der Waals surface area (Å²) in [5.41, 5.74) is 2.47. The van der Waals surface area contributed by atoms with E-state index in [0.29, 0.717) is 19.1 Å². The predicted molar refractivity (Wildman–Crippen MR) is 120 cm³/mol. The molecule has 30 heavy (non-hydrogen) atoms. The van der Waals surface area contributed by atoms with Gasteiger partial charge in [0.15, 0.2) is 0 Å². The lowest BCUT2D eigenvalue weighted by atomic mass is 9.99. The molecule has 0 N–H and O–H groups in total. The summed E-state index contributed by atoms with van der Waals surface area (Å²) in [5, 5.41) is 0. The van der Waals surface area contributed by atoms with Gasteiger partial charge in [-0.25, -0.2) is 0 Å². The minimum Gasteiger partial charge on any atom is -0.376 e. The molecular weight excluding hydrogens is 374 g/mol. The highest BCUT2D eigenvalue weighted by Gasteiger charge is 2.26. The number of para-hydroxylation sites is 1. The van der Waals surface area contributed by atoms with Crippen molar-refractivity contribution in [2.45, 2.75) is 19.4 Å². The first-order valence-electron chi connectivity index (χ1n) is 11.2. The molecule has 0 unspecified atom stereocenters. The number of hydrogen-bond acceptors (Lipinski definition) is 4. The summed E-state index contributed by atoms with van der Waals surface area (Å²) in [7, 11) is 0. The standard InChI is InChI=1S/C25H33N3O2/c29-25(28-16-14-27(15-17-28)24-11-5-2-6-12-24)19-26-13-7-10-23(18-26)21-30-20-22-8-3-1-4-9-22/h1-6,8-9,11-12,23H,7,10,13-21H2/t23-/m1/s1. The molecule has 2 aliphatic heterocycles. The Balaban J connectivity index is 1.18. The zero-order valence-corrected chi connectivity index (χ0v) is 17.8. The van der Waals surface area contributed by atoms with Crippen LogP contribution in [0.15, 0.2) is 60.7 Å². The Morgan fingerprint density at radius 1 is 0.900 bits per heavy atom. The third kappa shape index (κ3) is 5.83. The maximum absolute atomic E-state index is 12.8. The molecular formula is C25H33N3O2. The lowest BCUT2D eigenvalue weighted by molar-refractivity contribution is -0.133. The van der Waals surface area contributed by atoms with Gasteiger partial charge in [0.05, 0.1) is 19.8 Å². The quantitative estimate of drug-likeness (QED) is 0.706. The first-order chi connectivity index (χ1) is 14.8. The summed E-state index contributed by atoms with van der Waals surface area (Å²) in [4.78, 5) is 19.6. The monoisotopic (exact) mass is 407 g/mol. The van der Waals surface area contributed by atoms with Crippen LogP contribution >= 0.6 is 0 Å². The average molecular weight is 408 g/mol. The fourth-order valence-corrected chi connectivity index (χ4v) is 4.49. The largest absolute Gasteiger partial charge is 0.376 e. The van der Waals surface area contributed by atoms with Crippen molar-refractivity contribution in [3.63, 3.8) is 0 Å². The van der Waals surface area contributed by atoms with Gasteiger partial charge in [-0.3, -0.25) is 9.69 Å². The van der Waals surface area contributed by atoms with Gasteiger partial charge < -0.3 is 14.5 Å². The number of anilines is 1. The zero-order chi connectivity index (χ0) is 20.6. The summed E-state index contributed by atoms with van der Waals surface area (Å²) in [6.45, 7) is 7.40. The number of carbonyl (C=O) groups excluding carboxylic acids is 1. The van der Waals surface area contributed by atoms with Crippen LogP contribution in [0.5, 0.6) is 0 Å². The molecule has 4 rings (SSSR count). The van der Waals surface area contributed by atoms with Crippen molar-refractivity contribution in [1.82, 2.24) is 9.80 Å². The Kier molecular flexibility index (Phi) is 7.38. The average Bonchev–Trinajstić information content (AvgIpc) is 2.81. The lowest BCUT2D eigenvalue weighted by Crippen LogP contribution is -2.52. The summed E-state index contributed by atoms with van der Waals surface area (Å²) < 4.78 is 5.96. The van der Waals surface area contributed by atoms with Gasteiger partial charge in [0.2, 0.25) is 5.91 Å². The summed E-state index contributed by atoms with van der Waals surface area (Å²) in [6.07, 6.45) is 2.34. The number of benzene rings is 2. The molecule has 0 spiro atoms. The molecule has 1 atom stereocenters. The summed E-state index contributed by atoms with van der Waals surface area (Å²) >= 11 is 0. The van der Waals surface area contributed by atoms with Crippen molar-refractivity contribution in [1.29, 1.82) is 0 Å². The van der Waals surface area contributed by atoms with E-state index in [1.807, 2.05) is 29.2 Å². The molecule has 2 heterocycles. The number of ether oxygens (including phenoxy) is 1. The molecule has 0 aliphatic carbocycles. The van der Waals surface area contributed by atoms with Crippen molar-refractivity contribution < 1.29 is 9.53 Å². The Morgan fingerprint density at radius 3 is 2.33 bits per heavy atom. The second kappa shape index (κ2) is 10.6. The number of rotatable bonds is 7. The van der Waals surface area contributed by atoms with Crippen LogP contribution < -0.4 is 4.90 Å². The molecule has 0 aromatic heterocycles. The van der Waals surface area contributed by atoms with Crippen LogP contribution in [0.4, 0.5) is 5.69 Å². The zero-order valence-electron chi connectivity index (χ0n) is 17.8. The van der Waals surface area contributed by atoms with Gasteiger partial charge in [0.25, 0.3) is 0 Å². The van der Waals surface area contributed by atoms with E-state index in [-0.39, 0.29) is 5.91 Å². The van der Waals surface area contributed by atoms with Gasteiger partial charge in [0.1, 0.15) is 0 Å². The molecule has 0 bridgehead atoms.